The summed E-state index contributed by atoms with van der Waals surface area (Å²) in [6.07, 6.45) is 7.50. The molecule has 31 heavy (non-hydrogen) atoms. The van der Waals surface area contributed by atoms with Crippen LogP contribution < -0.4 is 5.32 Å². The van der Waals surface area contributed by atoms with Crippen LogP contribution in [-0.4, -0.2) is 28.0 Å². The summed E-state index contributed by atoms with van der Waals surface area (Å²) in [5.41, 5.74) is 3.28. The molecule has 0 aliphatic rings. The van der Waals surface area contributed by atoms with Gasteiger partial charge in [0.15, 0.2) is 0 Å². The number of H-pyrrole nitrogens is 1. The number of allylic oxidation sites excluding steroid dienone is 1. The number of carbonyl (C=O) groups is 1. The second kappa shape index (κ2) is 11.5. The summed E-state index contributed by atoms with van der Waals surface area (Å²) in [5, 5.41) is 4.15. The van der Waals surface area contributed by atoms with Crippen molar-refractivity contribution in [3.63, 3.8) is 0 Å². The predicted octanol–water partition coefficient (Wildman–Crippen LogP) is 5.82. The van der Waals surface area contributed by atoms with Gasteiger partial charge < -0.3 is 15.0 Å². The van der Waals surface area contributed by atoms with E-state index in [0.29, 0.717) is 19.6 Å². The molecule has 1 aromatic heterocycles. The van der Waals surface area contributed by atoms with E-state index in [1.807, 2.05) is 48.7 Å². The van der Waals surface area contributed by atoms with E-state index >= 15 is 0 Å². The van der Waals surface area contributed by atoms with E-state index in [1.54, 1.807) is 0 Å². The number of fused-ring (bicyclic) bond motifs is 1. The Morgan fingerprint density at radius 1 is 1.16 bits per heavy atom. The maximum absolute atomic E-state index is 12.6. The zero-order valence-electron chi connectivity index (χ0n) is 18.2. The number of hydrogen-bond acceptors (Lipinski definition) is 2. The zero-order chi connectivity index (χ0) is 22.1. The fraction of sp³-hybridized carbons (Fsp3) is 0.346. The SMILES string of the molecule is CC(C)(/C=C\C(CNC(=O)Cc1c[nH]c2ccccc12)OCc1ccccc1)CCI. The maximum atomic E-state index is 12.6. The van der Waals surface area contributed by atoms with Crippen molar-refractivity contribution >= 4 is 39.4 Å². The monoisotopic (exact) mass is 530 g/mol. The van der Waals surface area contributed by atoms with Crippen LogP contribution in [0.15, 0.2) is 72.9 Å². The number of aromatic nitrogens is 1. The Hall–Kier alpha value is -2.12. The summed E-state index contributed by atoms with van der Waals surface area (Å²) in [6, 6.07) is 18.2. The van der Waals surface area contributed by atoms with E-state index < -0.39 is 0 Å². The van der Waals surface area contributed by atoms with Gasteiger partial charge in [-0.3, -0.25) is 4.79 Å². The highest BCUT2D eigenvalue weighted by atomic mass is 127. The summed E-state index contributed by atoms with van der Waals surface area (Å²) < 4.78 is 7.25. The first-order valence-corrected chi connectivity index (χ1v) is 12.2. The number of rotatable bonds is 11. The van der Waals surface area contributed by atoms with Gasteiger partial charge in [-0.2, -0.15) is 0 Å². The Morgan fingerprint density at radius 3 is 2.68 bits per heavy atom. The van der Waals surface area contributed by atoms with Crippen molar-refractivity contribution in [1.82, 2.24) is 10.3 Å². The summed E-state index contributed by atoms with van der Waals surface area (Å²) in [7, 11) is 0. The molecule has 2 aromatic carbocycles. The lowest BCUT2D eigenvalue weighted by atomic mass is 9.89. The number of alkyl halides is 1. The minimum atomic E-state index is -0.180. The van der Waals surface area contributed by atoms with Crippen LogP contribution in [0.5, 0.6) is 0 Å². The lowest BCUT2D eigenvalue weighted by Gasteiger charge is -2.21. The van der Waals surface area contributed by atoms with Gasteiger partial charge in [-0.25, -0.2) is 0 Å². The molecule has 4 nitrogen and oxygen atoms in total. The van der Waals surface area contributed by atoms with Crippen LogP contribution in [0, 0.1) is 5.41 Å². The molecule has 0 aliphatic heterocycles. The third-order valence-corrected chi connectivity index (χ3v) is 5.87. The van der Waals surface area contributed by atoms with Crippen molar-refractivity contribution in [3.05, 3.63) is 84.1 Å². The molecule has 1 amide bonds. The van der Waals surface area contributed by atoms with Crippen molar-refractivity contribution in [2.24, 2.45) is 5.41 Å². The average molecular weight is 530 g/mol. The van der Waals surface area contributed by atoms with Gasteiger partial charge in [0.05, 0.1) is 19.1 Å². The van der Waals surface area contributed by atoms with Crippen molar-refractivity contribution in [2.75, 3.05) is 11.0 Å². The van der Waals surface area contributed by atoms with Gasteiger partial charge in [0.2, 0.25) is 5.91 Å². The minimum absolute atomic E-state index is 0.00186. The highest BCUT2D eigenvalue weighted by molar-refractivity contribution is 14.1. The Bertz CT molecular complexity index is 995. The second-order valence-electron chi connectivity index (χ2n) is 8.46. The number of nitrogens with one attached hydrogen (secondary N) is 2. The molecule has 3 aromatic rings. The van der Waals surface area contributed by atoms with Crippen LogP contribution in [-0.2, 0) is 22.6 Å². The highest BCUT2D eigenvalue weighted by Gasteiger charge is 2.16. The molecule has 3 rings (SSSR count). The Labute approximate surface area is 198 Å². The first-order chi connectivity index (χ1) is 15.0. The number of benzene rings is 2. The lowest BCUT2D eigenvalue weighted by molar-refractivity contribution is -0.120. The smallest absolute Gasteiger partial charge is 0.224 e. The number of ether oxygens (including phenoxy) is 1. The van der Waals surface area contributed by atoms with E-state index in [0.717, 1.165) is 32.9 Å². The molecule has 164 valence electrons. The molecule has 0 fully saturated rings. The Balaban J connectivity index is 1.61. The lowest BCUT2D eigenvalue weighted by Crippen LogP contribution is -2.33. The van der Waals surface area contributed by atoms with Crippen LogP contribution in [0.2, 0.25) is 0 Å². The molecular weight excluding hydrogens is 499 g/mol. The van der Waals surface area contributed by atoms with E-state index in [-0.39, 0.29) is 17.4 Å². The van der Waals surface area contributed by atoms with Crippen LogP contribution in [0.3, 0.4) is 0 Å². The quantitative estimate of drug-likeness (QED) is 0.187. The molecule has 0 radical (unpaired) electrons. The minimum Gasteiger partial charge on any atom is -0.368 e. The predicted molar refractivity (Wildman–Crippen MR) is 136 cm³/mol. The van der Waals surface area contributed by atoms with Gasteiger partial charge in [-0.15, -0.1) is 0 Å². The second-order valence-corrected chi connectivity index (χ2v) is 9.54. The summed E-state index contributed by atoms with van der Waals surface area (Å²) in [4.78, 5) is 15.9. The van der Waals surface area contributed by atoms with Crippen molar-refractivity contribution in [1.29, 1.82) is 0 Å². The molecule has 0 spiro atoms. The van der Waals surface area contributed by atoms with E-state index in [2.05, 4.69) is 71.0 Å². The normalized spacial score (nSPS) is 13.0. The van der Waals surface area contributed by atoms with Gasteiger partial charge in [0.25, 0.3) is 0 Å². The molecule has 2 N–H and O–H groups in total. The van der Waals surface area contributed by atoms with Crippen molar-refractivity contribution in [2.45, 2.75) is 39.4 Å². The maximum Gasteiger partial charge on any atom is 0.224 e. The summed E-state index contributed by atoms with van der Waals surface area (Å²) >= 11 is 2.41. The van der Waals surface area contributed by atoms with Crippen LogP contribution in [0.25, 0.3) is 10.9 Å². The Kier molecular flexibility index (Phi) is 8.72. The van der Waals surface area contributed by atoms with Crippen LogP contribution in [0.4, 0.5) is 0 Å². The van der Waals surface area contributed by atoms with E-state index in [1.165, 1.54) is 0 Å². The van der Waals surface area contributed by atoms with Crippen molar-refractivity contribution < 1.29 is 9.53 Å². The molecule has 0 saturated carbocycles. The van der Waals surface area contributed by atoms with Crippen LogP contribution >= 0.6 is 22.6 Å². The molecule has 1 atom stereocenters. The van der Waals surface area contributed by atoms with Gasteiger partial charge in [-0.05, 0) is 29.0 Å². The van der Waals surface area contributed by atoms with Gasteiger partial charge in [0, 0.05) is 28.1 Å². The molecule has 0 aliphatic carbocycles. The van der Waals surface area contributed by atoms with E-state index in [9.17, 15) is 4.79 Å². The zero-order valence-corrected chi connectivity index (χ0v) is 20.4. The molecule has 1 heterocycles. The molecule has 5 heteroatoms. The average Bonchev–Trinajstić information content (AvgIpc) is 3.16. The molecule has 1 unspecified atom stereocenters. The first-order valence-electron chi connectivity index (χ1n) is 10.7. The fourth-order valence-corrected chi connectivity index (χ4v) is 4.77. The number of halogens is 1. The number of amides is 1. The third kappa shape index (κ3) is 7.51. The number of aromatic amines is 1. The van der Waals surface area contributed by atoms with Crippen molar-refractivity contribution in [3.8, 4) is 0 Å². The summed E-state index contributed by atoms with van der Waals surface area (Å²) in [5.74, 6) is -0.00186. The third-order valence-electron chi connectivity index (χ3n) is 5.33. The molecule has 0 bridgehead atoms. The van der Waals surface area contributed by atoms with Gasteiger partial charge in [0.1, 0.15) is 0 Å². The van der Waals surface area contributed by atoms with Gasteiger partial charge in [-0.1, -0.05) is 97.1 Å². The number of para-hydroxylation sites is 1. The fourth-order valence-electron chi connectivity index (χ4n) is 3.38. The largest absolute Gasteiger partial charge is 0.368 e. The standard InChI is InChI=1S/C26H31IN2O2/c1-26(2,14-15-27)13-12-22(31-19-20-8-4-3-5-9-20)18-29-25(30)16-21-17-28-24-11-7-6-10-23(21)24/h3-13,17,22,28H,14-16,18-19H2,1-2H3,(H,29,30)/b13-12-. The van der Waals surface area contributed by atoms with Gasteiger partial charge >= 0.3 is 0 Å². The molecule has 0 saturated heterocycles. The topological polar surface area (TPSA) is 54.1 Å². The molecular formula is C26H31IN2O2. The Morgan fingerprint density at radius 2 is 1.90 bits per heavy atom. The highest BCUT2D eigenvalue weighted by Crippen LogP contribution is 2.24. The van der Waals surface area contributed by atoms with E-state index in [4.69, 9.17) is 4.74 Å². The number of hydrogen-bond donors (Lipinski definition) is 2. The summed E-state index contributed by atoms with van der Waals surface area (Å²) in [6.45, 7) is 5.42. The van der Waals surface area contributed by atoms with Crippen LogP contribution in [0.1, 0.15) is 31.4 Å². The number of carbonyl (C=O) groups excluding carboxylic acids is 1. The first kappa shape index (κ1) is 23.5.